The van der Waals surface area contributed by atoms with Gasteiger partial charge in [0.25, 0.3) is 0 Å². The molecule has 0 atom stereocenters. The van der Waals surface area contributed by atoms with Crippen LogP contribution < -0.4 is 0 Å². The van der Waals surface area contributed by atoms with Gasteiger partial charge in [-0.25, -0.2) is 0 Å². The Labute approximate surface area is 379 Å². The average Bonchev–Trinajstić information content (AvgIpc) is 3.68. The first kappa shape index (κ1) is 62.7. The topological polar surface area (TPSA) is 92.3 Å². The van der Waals surface area contributed by atoms with Gasteiger partial charge >= 0.3 is 0 Å². The molecule has 3 fully saturated rings. The molecule has 0 radical (unpaired) electrons. The van der Waals surface area contributed by atoms with Gasteiger partial charge in [0, 0.05) is 92.0 Å². The van der Waals surface area contributed by atoms with Gasteiger partial charge in [-0.2, -0.15) is 0 Å². The number of ether oxygens (including phenoxy) is 10. The van der Waals surface area contributed by atoms with E-state index in [4.69, 9.17) is 47.4 Å². The highest BCUT2D eigenvalue weighted by Gasteiger charge is 2.46. The summed E-state index contributed by atoms with van der Waals surface area (Å²) in [6, 6.07) is 0. The minimum atomic E-state index is -0.417. The van der Waals surface area contributed by atoms with E-state index in [0.717, 1.165) is 46.1 Å². The zero-order valence-corrected chi connectivity index (χ0v) is 45.2. The van der Waals surface area contributed by atoms with Crippen LogP contribution in [0.5, 0.6) is 0 Å². The van der Waals surface area contributed by atoms with Crippen LogP contribution in [0.3, 0.4) is 0 Å². The lowest BCUT2D eigenvalue weighted by Crippen LogP contribution is -2.54. The molecule has 0 bridgehead atoms. The van der Waals surface area contributed by atoms with E-state index < -0.39 is 11.6 Å². The highest BCUT2D eigenvalue weighted by molar-refractivity contribution is 4.85. The normalized spacial score (nSPS) is 19.9. The molecule has 3 saturated heterocycles. The van der Waals surface area contributed by atoms with E-state index in [1.54, 1.807) is 14.2 Å². The standard InChI is InChI=1S/C12H24O2.C11H24O2.C10H20O2.C9H18O2.C9H20O2/c1-9(2)12(10(3)4)13-7-11(5,6)8-14-12;1-7-12-11(9(3)4,10(5)6)13-8-2;1-8(2)10(9(3)4)11-6-5-7-12-10;1-7(2)9(8(3)4)10-5-6-11-9;1-7(2)9(10-5,11-6)8(3)4/h9-10H,7-8H2,1-6H3;9-10H,7-8H2,1-6H3;8-9H,5-7H2,1-4H3;7-8H,5-6H2,1-4H3;7-8H,1-6H3. The summed E-state index contributed by atoms with van der Waals surface area (Å²) in [7, 11) is 3.40. The van der Waals surface area contributed by atoms with Crippen LogP contribution in [0.2, 0.25) is 0 Å². The van der Waals surface area contributed by atoms with Crippen molar-refractivity contribution in [1.82, 2.24) is 0 Å². The zero-order valence-electron chi connectivity index (χ0n) is 45.2. The lowest BCUT2D eigenvalue weighted by atomic mass is 9.87. The third kappa shape index (κ3) is 17.4. The maximum absolute atomic E-state index is 5.98. The number of hydrogen-bond acceptors (Lipinski definition) is 10. The van der Waals surface area contributed by atoms with Crippen molar-refractivity contribution in [3.63, 3.8) is 0 Å². The molecule has 3 aliphatic rings. The minimum Gasteiger partial charge on any atom is -0.353 e. The molecule has 0 unspecified atom stereocenters. The Morgan fingerprint density at radius 3 is 0.820 bits per heavy atom. The zero-order chi connectivity index (χ0) is 48.2. The van der Waals surface area contributed by atoms with E-state index in [-0.39, 0.29) is 22.8 Å². The van der Waals surface area contributed by atoms with E-state index in [2.05, 4.69) is 152 Å². The fourth-order valence-corrected chi connectivity index (χ4v) is 9.23. The molecule has 10 nitrogen and oxygen atoms in total. The summed E-state index contributed by atoms with van der Waals surface area (Å²) in [5, 5.41) is 0. The highest BCUT2D eigenvalue weighted by atomic mass is 16.7. The first-order valence-electron chi connectivity index (χ1n) is 24.2. The molecular formula is C51H106O10. The molecule has 0 amide bonds. The molecule has 0 aromatic heterocycles. The van der Waals surface area contributed by atoms with Gasteiger partial charge < -0.3 is 47.4 Å². The van der Waals surface area contributed by atoms with Crippen molar-refractivity contribution < 1.29 is 47.4 Å². The third-order valence-corrected chi connectivity index (χ3v) is 12.5. The van der Waals surface area contributed by atoms with Gasteiger partial charge in [0.05, 0.1) is 39.6 Å². The van der Waals surface area contributed by atoms with Crippen molar-refractivity contribution in [1.29, 1.82) is 0 Å². The van der Waals surface area contributed by atoms with Crippen LogP contribution in [0.25, 0.3) is 0 Å². The molecule has 10 heteroatoms. The van der Waals surface area contributed by atoms with Gasteiger partial charge in [-0.15, -0.1) is 0 Å². The molecule has 370 valence electrons. The van der Waals surface area contributed by atoms with Crippen molar-refractivity contribution in [2.24, 2.45) is 64.6 Å². The number of methoxy groups -OCH3 is 2. The largest absolute Gasteiger partial charge is 0.353 e. The summed E-state index contributed by atoms with van der Waals surface area (Å²) in [6.45, 7) is 57.4. The van der Waals surface area contributed by atoms with Crippen LogP contribution in [0.4, 0.5) is 0 Å². The van der Waals surface area contributed by atoms with Gasteiger partial charge in [-0.3, -0.25) is 0 Å². The van der Waals surface area contributed by atoms with E-state index in [9.17, 15) is 0 Å². The van der Waals surface area contributed by atoms with E-state index >= 15 is 0 Å². The molecule has 3 aliphatic heterocycles. The SMILES string of the molecule is CC(C)C1(C(C)C)OCC(C)(C)CO1.CC(C)C1(C(C)C)OCCCO1.CC(C)C1(C(C)C)OCCO1.CCOC(OCC)(C(C)C)C(C)C.COC(OC)(C(C)C)C(C)C. The molecular weight excluding hydrogens is 773 g/mol. The van der Waals surface area contributed by atoms with Gasteiger partial charge in [0.1, 0.15) is 0 Å². The Morgan fingerprint density at radius 1 is 0.393 bits per heavy atom. The second-order valence-corrected chi connectivity index (χ2v) is 20.9. The predicted octanol–water partition coefficient (Wildman–Crippen LogP) is 12.9. The van der Waals surface area contributed by atoms with Crippen LogP contribution in [-0.2, 0) is 47.4 Å². The first-order valence-corrected chi connectivity index (χ1v) is 24.2. The Kier molecular flexibility index (Phi) is 29.4. The molecule has 0 aromatic carbocycles. The summed E-state index contributed by atoms with van der Waals surface area (Å²) in [6.07, 6.45) is 1.03. The molecule has 0 aliphatic carbocycles. The van der Waals surface area contributed by atoms with E-state index in [1.165, 1.54) is 0 Å². The van der Waals surface area contributed by atoms with Gasteiger partial charge in [-0.05, 0) is 20.3 Å². The van der Waals surface area contributed by atoms with E-state index in [0.29, 0.717) is 72.4 Å². The lowest BCUT2D eigenvalue weighted by molar-refractivity contribution is -0.337. The molecule has 61 heavy (non-hydrogen) atoms. The highest BCUT2D eigenvalue weighted by Crippen LogP contribution is 2.40. The Morgan fingerprint density at radius 2 is 0.639 bits per heavy atom. The smallest absolute Gasteiger partial charge is 0.172 e. The van der Waals surface area contributed by atoms with Crippen LogP contribution in [-0.4, -0.2) is 96.0 Å². The van der Waals surface area contributed by atoms with Gasteiger partial charge in [0.15, 0.2) is 28.9 Å². The summed E-state index contributed by atoms with van der Waals surface area (Å²) < 4.78 is 57.1. The summed E-state index contributed by atoms with van der Waals surface area (Å²) >= 11 is 0. The van der Waals surface area contributed by atoms with Crippen LogP contribution in [0, 0.1) is 64.6 Å². The molecule has 0 saturated carbocycles. The number of rotatable bonds is 16. The molecule has 3 heterocycles. The second-order valence-electron chi connectivity index (χ2n) is 20.9. The number of hydrogen-bond donors (Lipinski definition) is 0. The Balaban J connectivity index is 0. The third-order valence-electron chi connectivity index (χ3n) is 12.5. The lowest BCUT2D eigenvalue weighted by Gasteiger charge is -2.48. The van der Waals surface area contributed by atoms with Crippen molar-refractivity contribution in [2.45, 2.75) is 202 Å². The first-order chi connectivity index (χ1) is 28.0. The van der Waals surface area contributed by atoms with Crippen molar-refractivity contribution >= 4 is 0 Å². The summed E-state index contributed by atoms with van der Waals surface area (Å²) in [4.78, 5) is 0. The summed E-state index contributed by atoms with van der Waals surface area (Å²) in [5.74, 6) is 2.23. The van der Waals surface area contributed by atoms with Crippen LogP contribution in [0.15, 0.2) is 0 Å². The van der Waals surface area contributed by atoms with Gasteiger partial charge in [-0.1, -0.05) is 152 Å². The average molecular weight is 879 g/mol. The predicted molar refractivity (Wildman–Crippen MR) is 253 cm³/mol. The fraction of sp³-hybridized carbons (Fsp3) is 1.00. The maximum atomic E-state index is 5.98. The maximum Gasteiger partial charge on any atom is 0.172 e. The minimum absolute atomic E-state index is 0.160. The Hall–Kier alpha value is -0.400. The van der Waals surface area contributed by atoms with E-state index in [1.807, 2.05) is 13.8 Å². The second kappa shape index (κ2) is 28.6. The molecule has 0 N–H and O–H groups in total. The molecule has 3 rings (SSSR count). The van der Waals surface area contributed by atoms with Crippen LogP contribution >= 0.6 is 0 Å². The van der Waals surface area contributed by atoms with Crippen molar-refractivity contribution in [3.05, 3.63) is 0 Å². The quantitative estimate of drug-likeness (QED) is 0.140. The Bertz CT molecular complexity index is 999. The van der Waals surface area contributed by atoms with Crippen molar-refractivity contribution in [2.75, 3.05) is 67.1 Å². The molecule has 0 aromatic rings. The fourth-order valence-electron chi connectivity index (χ4n) is 9.23. The molecule has 0 spiro atoms. The van der Waals surface area contributed by atoms with Crippen molar-refractivity contribution in [3.8, 4) is 0 Å². The summed E-state index contributed by atoms with van der Waals surface area (Å²) in [5.41, 5.74) is 0.160. The van der Waals surface area contributed by atoms with Gasteiger partial charge in [0.2, 0.25) is 0 Å². The monoisotopic (exact) mass is 879 g/mol. The van der Waals surface area contributed by atoms with Crippen LogP contribution in [0.1, 0.15) is 173 Å².